The lowest BCUT2D eigenvalue weighted by molar-refractivity contribution is -0.142. The van der Waals surface area contributed by atoms with E-state index in [1.807, 2.05) is 42.5 Å². The Bertz CT molecular complexity index is 1260. The van der Waals surface area contributed by atoms with Gasteiger partial charge in [-0.1, -0.05) is 86.2 Å². The van der Waals surface area contributed by atoms with Crippen molar-refractivity contribution < 1.29 is 33.7 Å². The van der Waals surface area contributed by atoms with Crippen molar-refractivity contribution in [1.82, 2.24) is 0 Å². The van der Waals surface area contributed by atoms with Crippen molar-refractivity contribution in [3.8, 4) is 0 Å². The summed E-state index contributed by atoms with van der Waals surface area (Å²) in [6.07, 6.45) is 8.54. The molecule has 0 fully saturated rings. The Hall–Kier alpha value is -3.40. The van der Waals surface area contributed by atoms with Gasteiger partial charge in [-0.2, -0.15) is 0 Å². The predicted octanol–water partition coefficient (Wildman–Crippen LogP) is 5.79. The van der Waals surface area contributed by atoms with Gasteiger partial charge in [0.25, 0.3) is 0 Å². The van der Waals surface area contributed by atoms with Gasteiger partial charge in [-0.15, -0.1) is 0 Å². The van der Waals surface area contributed by atoms with Crippen LogP contribution < -0.4 is 9.80 Å². The van der Waals surface area contributed by atoms with Crippen molar-refractivity contribution in [2.45, 2.75) is 65.2 Å². The van der Waals surface area contributed by atoms with E-state index in [1.54, 1.807) is 0 Å². The third kappa shape index (κ3) is 10.5. The number of hydrogen-bond acceptors (Lipinski definition) is 8. The minimum absolute atomic E-state index is 0.397. The lowest BCUT2D eigenvalue weighted by atomic mass is 9.99. The Balaban J connectivity index is 0.000000230. The van der Waals surface area contributed by atoms with E-state index in [2.05, 4.69) is 44.6 Å². The minimum Gasteiger partial charge on any atom is -0.479 e. The normalized spacial score (nSPS) is 16.4. The molecule has 11 nitrogen and oxygen atoms in total. The summed E-state index contributed by atoms with van der Waals surface area (Å²) in [7, 11) is -4.58. The molecule has 0 saturated heterocycles. The molecule has 0 atom stereocenters. The number of phosphoric acid groups is 1. The van der Waals surface area contributed by atoms with E-state index in [9.17, 15) is 9.36 Å². The molecule has 2 aliphatic heterocycles. The van der Waals surface area contributed by atoms with Crippen molar-refractivity contribution in [2.75, 3.05) is 42.6 Å². The predicted molar refractivity (Wildman–Crippen MR) is 165 cm³/mol. The van der Waals surface area contributed by atoms with Crippen LogP contribution in [0.25, 0.3) is 0 Å². The van der Waals surface area contributed by atoms with Crippen LogP contribution in [0.2, 0.25) is 0 Å². The number of aliphatic carboxylic acids is 1. The average molecular weight is 603 g/mol. The Morgan fingerprint density at radius 3 is 1.74 bits per heavy atom. The fraction of sp³-hybridized carbons (Fsp3) is 0.500. The highest BCUT2D eigenvalue weighted by Gasteiger charge is 2.24. The van der Waals surface area contributed by atoms with Crippen molar-refractivity contribution in [2.24, 2.45) is 10.3 Å². The highest BCUT2D eigenvalue weighted by molar-refractivity contribution is 7.46. The summed E-state index contributed by atoms with van der Waals surface area (Å²) in [6, 6.07) is 15.9. The largest absolute Gasteiger partial charge is 0.545 e. The first-order chi connectivity index (χ1) is 20.2. The smallest absolute Gasteiger partial charge is 0.479 e. The summed E-state index contributed by atoms with van der Waals surface area (Å²) in [6.45, 7) is 7.70. The minimum atomic E-state index is -4.58. The Morgan fingerprint density at radius 2 is 1.29 bits per heavy atom. The van der Waals surface area contributed by atoms with Crippen LogP contribution in [0.4, 0.5) is 11.4 Å². The molecule has 0 aromatic heterocycles. The van der Waals surface area contributed by atoms with Crippen molar-refractivity contribution >= 4 is 36.6 Å². The van der Waals surface area contributed by atoms with Crippen LogP contribution in [0.15, 0.2) is 58.8 Å². The van der Waals surface area contributed by atoms with Gasteiger partial charge in [0.15, 0.2) is 0 Å². The van der Waals surface area contributed by atoms with Crippen molar-refractivity contribution in [3.05, 3.63) is 59.7 Å². The van der Waals surface area contributed by atoms with E-state index in [0.717, 1.165) is 67.2 Å². The van der Waals surface area contributed by atoms with Gasteiger partial charge >= 0.3 is 13.8 Å². The SMILES string of the molecule is CCCCCN1CCC(=NOCC(=O)O)c2ccccc21.CCCCCN1CCC(=NOP(=O)(O)O)c2ccccc21. The maximum absolute atomic E-state index is 10.8. The van der Waals surface area contributed by atoms with E-state index < -0.39 is 20.4 Å². The molecule has 3 N–H and O–H groups in total. The quantitative estimate of drug-likeness (QED) is 0.147. The Morgan fingerprint density at radius 1 is 0.810 bits per heavy atom. The molecule has 12 heteroatoms. The molecule has 42 heavy (non-hydrogen) atoms. The molecule has 0 unspecified atom stereocenters. The first-order valence-electron chi connectivity index (χ1n) is 14.6. The van der Waals surface area contributed by atoms with Crippen molar-refractivity contribution in [3.63, 3.8) is 0 Å². The maximum atomic E-state index is 10.8. The van der Waals surface area contributed by atoms with Crippen LogP contribution in [-0.4, -0.2) is 65.1 Å². The number of nitrogens with zero attached hydrogens (tertiary/aromatic N) is 4. The molecule has 0 saturated carbocycles. The second-order valence-electron chi connectivity index (χ2n) is 10.2. The van der Waals surface area contributed by atoms with Gasteiger partial charge < -0.3 is 19.7 Å². The summed E-state index contributed by atoms with van der Waals surface area (Å²) in [4.78, 5) is 37.6. The number of carboxylic acids is 1. The summed E-state index contributed by atoms with van der Waals surface area (Å²) in [5.74, 6) is -1.01. The molecule has 2 aromatic carbocycles. The molecular weight excluding hydrogens is 559 g/mol. The van der Waals surface area contributed by atoms with E-state index in [0.29, 0.717) is 12.1 Å². The molecular formula is C30H43N4O7P. The zero-order valence-electron chi connectivity index (χ0n) is 24.5. The molecule has 2 heterocycles. The maximum Gasteiger partial charge on any atom is 0.545 e. The monoisotopic (exact) mass is 602 g/mol. The molecule has 0 spiro atoms. The standard InChI is InChI=1S/C16H22N2O3.C14H21N2O4P/c1-2-3-6-10-18-11-9-14(17-21-12-16(19)20)13-7-4-5-8-15(13)18;1-2-3-6-10-16-11-9-13(15-20-21(17,18)19)12-7-4-5-8-14(12)16/h4-5,7-8H,2-3,6,9-12H2,1H3,(H,19,20);4-5,7-8H,2-3,6,9-11H2,1H3,(H2,17,18,19). The van der Waals surface area contributed by atoms with Gasteiger partial charge in [-0.05, 0) is 25.0 Å². The topological polar surface area (TPSA) is 144 Å². The summed E-state index contributed by atoms with van der Waals surface area (Å²) in [5.41, 5.74) is 5.56. The Labute approximate surface area is 248 Å². The second kappa shape index (κ2) is 16.9. The number of anilines is 2. The average Bonchev–Trinajstić information content (AvgIpc) is 2.97. The zero-order chi connectivity index (χ0) is 30.4. The lowest BCUT2D eigenvalue weighted by Crippen LogP contribution is -2.33. The molecule has 230 valence electrons. The molecule has 2 aliphatic rings. The second-order valence-corrected chi connectivity index (χ2v) is 11.4. The Kier molecular flexibility index (Phi) is 13.3. The molecule has 4 rings (SSSR count). The zero-order valence-corrected chi connectivity index (χ0v) is 25.4. The molecule has 2 aromatic rings. The van der Waals surface area contributed by atoms with Crippen molar-refractivity contribution in [1.29, 1.82) is 0 Å². The van der Waals surface area contributed by atoms with Gasteiger partial charge in [0.2, 0.25) is 6.61 Å². The van der Waals surface area contributed by atoms with Crippen LogP contribution in [0.1, 0.15) is 76.3 Å². The number of fused-ring (bicyclic) bond motifs is 2. The van der Waals surface area contributed by atoms with E-state index in [-0.39, 0.29) is 0 Å². The van der Waals surface area contributed by atoms with Gasteiger partial charge in [-0.25, -0.2) is 9.36 Å². The number of unbranched alkanes of at least 4 members (excludes halogenated alkanes) is 4. The third-order valence-corrected chi connectivity index (χ3v) is 7.33. The van der Waals surface area contributed by atoms with Crippen LogP contribution in [0, 0.1) is 0 Å². The van der Waals surface area contributed by atoms with E-state index in [4.69, 9.17) is 19.7 Å². The van der Waals surface area contributed by atoms with E-state index in [1.165, 1.54) is 32.1 Å². The first-order valence-corrected chi connectivity index (χ1v) is 16.2. The lowest BCUT2D eigenvalue weighted by Gasteiger charge is -2.31. The summed E-state index contributed by atoms with van der Waals surface area (Å²) < 4.78 is 15.1. The number of carbonyl (C=O) groups is 1. The van der Waals surface area contributed by atoms with Gasteiger partial charge in [0.05, 0.1) is 11.4 Å². The van der Waals surface area contributed by atoms with Crippen LogP contribution in [0.5, 0.6) is 0 Å². The third-order valence-electron chi connectivity index (χ3n) is 7.03. The van der Waals surface area contributed by atoms with Crippen LogP contribution in [-0.2, 0) is 18.8 Å². The fourth-order valence-corrected chi connectivity index (χ4v) is 5.21. The number of para-hydroxylation sites is 2. The number of benzene rings is 2. The molecule has 0 radical (unpaired) electrons. The van der Waals surface area contributed by atoms with E-state index >= 15 is 0 Å². The number of oxime groups is 2. The molecule has 0 bridgehead atoms. The molecule has 0 aliphatic carbocycles. The number of hydrogen-bond donors (Lipinski definition) is 3. The van der Waals surface area contributed by atoms with Crippen LogP contribution in [0.3, 0.4) is 0 Å². The summed E-state index contributed by atoms with van der Waals surface area (Å²) >= 11 is 0. The highest BCUT2D eigenvalue weighted by Crippen LogP contribution is 2.37. The molecule has 0 amide bonds. The van der Waals surface area contributed by atoms with Crippen LogP contribution >= 0.6 is 7.82 Å². The number of carboxylic acid groups (broad SMARTS) is 1. The summed E-state index contributed by atoms with van der Waals surface area (Å²) in [5, 5.41) is 16.3. The highest BCUT2D eigenvalue weighted by atomic mass is 31.2. The first kappa shape index (κ1) is 33.1. The fourth-order valence-electron chi connectivity index (χ4n) is 5.01. The number of rotatable bonds is 13. The van der Waals surface area contributed by atoms with Gasteiger partial charge in [0.1, 0.15) is 0 Å². The van der Waals surface area contributed by atoms with Gasteiger partial charge in [0, 0.05) is 61.5 Å². The van der Waals surface area contributed by atoms with Gasteiger partial charge in [-0.3, -0.25) is 14.4 Å².